The van der Waals surface area contributed by atoms with Crippen LogP contribution in [-0.4, -0.2) is 32.4 Å². The van der Waals surface area contributed by atoms with E-state index >= 15 is 0 Å². The highest BCUT2D eigenvalue weighted by Crippen LogP contribution is 2.47. The van der Waals surface area contributed by atoms with Crippen LogP contribution in [-0.2, 0) is 0 Å². The van der Waals surface area contributed by atoms with E-state index in [-0.39, 0.29) is 28.5 Å². The molecular formula is C16H16N2O5. The number of benzene rings is 2. The molecule has 0 unspecified atom stereocenters. The van der Waals surface area contributed by atoms with Crippen LogP contribution in [0.4, 0.5) is 11.4 Å². The van der Waals surface area contributed by atoms with Gasteiger partial charge < -0.3 is 19.3 Å². The summed E-state index contributed by atoms with van der Waals surface area (Å²) in [6, 6.07) is 10.3. The number of ether oxygens (including phenoxy) is 3. The first-order valence-corrected chi connectivity index (χ1v) is 6.65. The molecule has 0 saturated heterocycles. The Morgan fingerprint density at radius 2 is 1.61 bits per heavy atom. The maximum absolute atomic E-state index is 11.5. The SMILES string of the molecule is COc1cc(C(=O)O)c(/N=N/c2ccccc2)c(OC)c1OC. The van der Waals surface area contributed by atoms with Crippen LogP contribution in [0.25, 0.3) is 0 Å². The minimum Gasteiger partial charge on any atom is -0.493 e. The molecule has 1 N–H and O–H groups in total. The van der Waals surface area contributed by atoms with Gasteiger partial charge in [-0.15, -0.1) is 5.11 Å². The topological polar surface area (TPSA) is 89.7 Å². The predicted molar refractivity (Wildman–Crippen MR) is 83.7 cm³/mol. The summed E-state index contributed by atoms with van der Waals surface area (Å²) in [7, 11) is 4.23. The Kier molecular flexibility index (Phi) is 5.14. The summed E-state index contributed by atoms with van der Waals surface area (Å²) in [5.41, 5.74) is 0.543. The van der Waals surface area contributed by atoms with E-state index in [1.165, 1.54) is 27.4 Å². The van der Waals surface area contributed by atoms with Gasteiger partial charge in [0.15, 0.2) is 11.5 Å². The van der Waals surface area contributed by atoms with E-state index in [0.29, 0.717) is 5.69 Å². The summed E-state index contributed by atoms with van der Waals surface area (Å²) in [5.74, 6) is -0.544. The number of hydrogen-bond donors (Lipinski definition) is 1. The minimum atomic E-state index is -1.17. The lowest BCUT2D eigenvalue weighted by atomic mass is 10.1. The van der Waals surface area contributed by atoms with Gasteiger partial charge in [0.2, 0.25) is 5.75 Å². The molecule has 0 fully saturated rings. The molecule has 23 heavy (non-hydrogen) atoms. The van der Waals surface area contributed by atoms with E-state index in [1.54, 1.807) is 24.3 Å². The second-order valence-corrected chi connectivity index (χ2v) is 4.38. The van der Waals surface area contributed by atoms with Crippen molar-refractivity contribution in [1.29, 1.82) is 0 Å². The van der Waals surface area contributed by atoms with E-state index in [1.807, 2.05) is 6.07 Å². The molecule has 0 aliphatic carbocycles. The first kappa shape index (κ1) is 16.3. The van der Waals surface area contributed by atoms with Crippen molar-refractivity contribution in [1.82, 2.24) is 0 Å². The van der Waals surface area contributed by atoms with Crippen LogP contribution in [0.1, 0.15) is 10.4 Å². The lowest BCUT2D eigenvalue weighted by Crippen LogP contribution is -2.02. The first-order valence-electron chi connectivity index (χ1n) is 6.65. The Morgan fingerprint density at radius 1 is 0.957 bits per heavy atom. The van der Waals surface area contributed by atoms with Crippen LogP contribution in [0.3, 0.4) is 0 Å². The number of azo groups is 1. The normalized spacial score (nSPS) is 10.6. The Labute approximate surface area is 133 Å². The lowest BCUT2D eigenvalue weighted by molar-refractivity contribution is 0.0697. The number of hydrogen-bond acceptors (Lipinski definition) is 6. The van der Waals surface area contributed by atoms with E-state index in [4.69, 9.17) is 14.2 Å². The summed E-state index contributed by atoms with van der Waals surface area (Å²) >= 11 is 0. The fourth-order valence-electron chi connectivity index (χ4n) is 2.01. The minimum absolute atomic E-state index is 0.0569. The van der Waals surface area contributed by atoms with Crippen molar-refractivity contribution in [3.05, 3.63) is 42.0 Å². The van der Waals surface area contributed by atoms with Gasteiger partial charge in [-0.2, -0.15) is 5.11 Å². The molecule has 2 rings (SSSR count). The molecule has 0 heterocycles. The van der Waals surface area contributed by atoms with Gasteiger partial charge in [-0.3, -0.25) is 0 Å². The number of carbonyl (C=O) groups is 1. The molecule has 120 valence electrons. The van der Waals surface area contributed by atoms with Crippen LogP contribution in [0.15, 0.2) is 46.6 Å². The summed E-state index contributed by atoms with van der Waals surface area (Å²) < 4.78 is 15.7. The van der Waals surface area contributed by atoms with Gasteiger partial charge in [0.05, 0.1) is 32.6 Å². The maximum Gasteiger partial charge on any atom is 0.338 e. The number of carboxylic acids is 1. The maximum atomic E-state index is 11.5. The van der Waals surface area contributed by atoms with Crippen molar-refractivity contribution in [3.63, 3.8) is 0 Å². The molecule has 0 aliphatic rings. The van der Waals surface area contributed by atoms with Gasteiger partial charge in [0.25, 0.3) is 0 Å². The largest absolute Gasteiger partial charge is 0.493 e. The molecule has 0 radical (unpaired) electrons. The van der Waals surface area contributed by atoms with Gasteiger partial charge in [-0.05, 0) is 12.1 Å². The van der Waals surface area contributed by atoms with Crippen molar-refractivity contribution < 1.29 is 24.1 Å². The first-order chi connectivity index (χ1) is 11.1. The standard InChI is InChI=1S/C16H16N2O5/c1-21-12-9-11(16(19)20)13(15(23-3)14(12)22-2)18-17-10-7-5-4-6-8-10/h4-9H,1-3H3,(H,19,20)/b18-17+. The summed E-state index contributed by atoms with van der Waals surface area (Å²) in [4.78, 5) is 11.5. The molecule has 0 spiro atoms. The zero-order valence-electron chi connectivity index (χ0n) is 12.9. The van der Waals surface area contributed by atoms with Gasteiger partial charge in [-0.25, -0.2) is 4.79 Å². The van der Waals surface area contributed by atoms with E-state index in [9.17, 15) is 9.90 Å². The summed E-state index contributed by atoms with van der Waals surface area (Å²) in [6.45, 7) is 0. The number of rotatable bonds is 6. The van der Waals surface area contributed by atoms with E-state index < -0.39 is 5.97 Å². The Hall–Kier alpha value is -3.09. The molecule has 0 atom stereocenters. The van der Waals surface area contributed by atoms with Crippen molar-refractivity contribution in [2.45, 2.75) is 0 Å². The summed E-state index contributed by atoms with van der Waals surface area (Å²) in [5, 5.41) is 17.5. The van der Waals surface area contributed by atoms with Gasteiger partial charge in [-0.1, -0.05) is 18.2 Å². The third kappa shape index (κ3) is 3.39. The average molecular weight is 316 g/mol. The molecule has 2 aromatic carbocycles. The molecule has 0 amide bonds. The van der Waals surface area contributed by atoms with Crippen LogP contribution in [0.2, 0.25) is 0 Å². The van der Waals surface area contributed by atoms with Crippen molar-refractivity contribution >= 4 is 17.3 Å². The molecule has 2 aromatic rings. The zero-order chi connectivity index (χ0) is 16.8. The summed E-state index contributed by atoms with van der Waals surface area (Å²) in [6.07, 6.45) is 0. The van der Waals surface area contributed by atoms with Crippen LogP contribution in [0, 0.1) is 0 Å². The highest BCUT2D eigenvalue weighted by atomic mass is 16.5. The number of carboxylic acid groups (broad SMARTS) is 1. The second-order valence-electron chi connectivity index (χ2n) is 4.38. The molecular weight excluding hydrogens is 300 g/mol. The monoisotopic (exact) mass is 316 g/mol. The smallest absolute Gasteiger partial charge is 0.338 e. The number of methoxy groups -OCH3 is 3. The van der Waals surface area contributed by atoms with Crippen LogP contribution < -0.4 is 14.2 Å². The van der Waals surface area contributed by atoms with Crippen molar-refractivity contribution in [3.8, 4) is 17.2 Å². The second kappa shape index (κ2) is 7.26. The van der Waals surface area contributed by atoms with Gasteiger partial charge in [0.1, 0.15) is 5.69 Å². The third-order valence-electron chi connectivity index (χ3n) is 3.06. The fraction of sp³-hybridized carbons (Fsp3) is 0.188. The molecule has 0 aliphatic heterocycles. The Morgan fingerprint density at radius 3 is 2.13 bits per heavy atom. The zero-order valence-corrected chi connectivity index (χ0v) is 12.9. The highest BCUT2D eigenvalue weighted by Gasteiger charge is 2.24. The Balaban J connectivity index is 2.64. The molecule has 7 heteroatoms. The van der Waals surface area contributed by atoms with Gasteiger partial charge in [0, 0.05) is 6.07 Å². The van der Waals surface area contributed by atoms with Crippen molar-refractivity contribution in [2.24, 2.45) is 10.2 Å². The number of nitrogens with zero attached hydrogens (tertiary/aromatic N) is 2. The molecule has 7 nitrogen and oxygen atoms in total. The van der Waals surface area contributed by atoms with E-state index in [2.05, 4.69) is 10.2 Å². The van der Waals surface area contributed by atoms with E-state index in [0.717, 1.165) is 0 Å². The average Bonchev–Trinajstić information content (AvgIpc) is 2.58. The van der Waals surface area contributed by atoms with Crippen LogP contribution in [0.5, 0.6) is 17.2 Å². The van der Waals surface area contributed by atoms with Gasteiger partial charge >= 0.3 is 5.97 Å². The van der Waals surface area contributed by atoms with Crippen molar-refractivity contribution in [2.75, 3.05) is 21.3 Å². The Bertz CT molecular complexity index is 729. The van der Waals surface area contributed by atoms with Crippen LogP contribution >= 0.6 is 0 Å². The highest BCUT2D eigenvalue weighted by molar-refractivity contribution is 5.97. The quantitative estimate of drug-likeness (QED) is 0.818. The number of aromatic carboxylic acids is 1. The molecule has 0 bridgehead atoms. The predicted octanol–water partition coefficient (Wildman–Crippen LogP) is 3.83. The molecule has 0 saturated carbocycles. The third-order valence-corrected chi connectivity index (χ3v) is 3.06. The molecule has 0 aromatic heterocycles. The lowest BCUT2D eigenvalue weighted by Gasteiger charge is -2.15. The fourth-order valence-corrected chi connectivity index (χ4v) is 2.01.